The molecule has 0 spiro atoms. The highest BCUT2D eigenvalue weighted by Crippen LogP contribution is 2.23. The molecule has 6 heteroatoms. The van der Waals surface area contributed by atoms with E-state index < -0.39 is 5.82 Å². The Balaban J connectivity index is 1.29. The Bertz CT molecular complexity index is 938. The van der Waals surface area contributed by atoms with E-state index in [2.05, 4.69) is 6.92 Å². The van der Waals surface area contributed by atoms with Gasteiger partial charge in [0.2, 0.25) is 0 Å². The van der Waals surface area contributed by atoms with Gasteiger partial charge in [-0.1, -0.05) is 19.1 Å². The molecule has 0 aliphatic carbocycles. The number of halogens is 1. The monoisotopic (exact) mass is 438 g/mol. The van der Waals surface area contributed by atoms with Gasteiger partial charge in [0.05, 0.1) is 12.2 Å². The summed E-state index contributed by atoms with van der Waals surface area (Å²) in [6.45, 7) is 5.55. The van der Waals surface area contributed by atoms with E-state index in [0.29, 0.717) is 36.9 Å². The molecule has 2 saturated heterocycles. The zero-order valence-electron chi connectivity index (χ0n) is 18.6. The Kier molecular flexibility index (Phi) is 7.08. The Hall–Kier alpha value is -2.89. The fourth-order valence-electron chi connectivity index (χ4n) is 4.49. The number of likely N-dealkylation sites (tertiary alicyclic amines) is 2. The molecule has 0 saturated carbocycles. The maximum Gasteiger partial charge on any atom is 0.256 e. The molecular formula is C26H31FN2O3. The van der Waals surface area contributed by atoms with Crippen LogP contribution >= 0.6 is 0 Å². The Morgan fingerprint density at radius 2 is 1.66 bits per heavy atom. The first-order valence-corrected chi connectivity index (χ1v) is 11.6. The molecule has 0 bridgehead atoms. The molecule has 2 heterocycles. The molecule has 0 N–H and O–H groups in total. The third kappa shape index (κ3) is 5.29. The van der Waals surface area contributed by atoms with Crippen molar-refractivity contribution in [2.24, 2.45) is 11.8 Å². The van der Waals surface area contributed by atoms with E-state index in [1.54, 1.807) is 17.0 Å². The molecule has 0 radical (unpaired) electrons. The number of hydrogen-bond donors (Lipinski definition) is 0. The lowest BCUT2D eigenvalue weighted by Crippen LogP contribution is -2.41. The summed E-state index contributed by atoms with van der Waals surface area (Å²) in [5, 5.41) is 0. The van der Waals surface area contributed by atoms with Gasteiger partial charge in [0, 0.05) is 37.7 Å². The molecule has 5 nitrogen and oxygen atoms in total. The Morgan fingerprint density at radius 3 is 2.38 bits per heavy atom. The van der Waals surface area contributed by atoms with Crippen molar-refractivity contribution < 1.29 is 18.7 Å². The molecule has 4 rings (SSSR count). The molecule has 0 unspecified atom stereocenters. The molecule has 2 aliphatic heterocycles. The van der Waals surface area contributed by atoms with E-state index in [1.807, 2.05) is 29.2 Å². The van der Waals surface area contributed by atoms with Gasteiger partial charge in [-0.15, -0.1) is 0 Å². The van der Waals surface area contributed by atoms with Gasteiger partial charge in [-0.2, -0.15) is 0 Å². The minimum Gasteiger partial charge on any atom is -0.493 e. The maximum absolute atomic E-state index is 14.0. The summed E-state index contributed by atoms with van der Waals surface area (Å²) in [5.41, 5.74) is 0.809. The van der Waals surface area contributed by atoms with Crippen LogP contribution in [0.15, 0.2) is 48.5 Å². The van der Waals surface area contributed by atoms with Crippen molar-refractivity contribution in [1.82, 2.24) is 9.80 Å². The third-order valence-electron chi connectivity index (χ3n) is 6.57. The number of ether oxygens (including phenoxy) is 1. The first-order valence-electron chi connectivity index (χ1n) is 11.6. The fourth-order valence-corrected chi connectivity index (χ4v) is 4.49. The van der Waals surface area contributed by atoms with Crippen molar-refractivity contribution in [2.45, 2.75) is 32.6 Å². The van der Waals surface area contributed by atoms with Crippen LogP contribution in [0.4, 0.5) is 4.39 Å². The second kappa shape index (κ2) is 10.2. The molecule has 2 aromatic rings. The summed E-state index contributed by atoms with van der Waals surface area (Å²) < 4.78 is 19.9. The van der Waals surface area contributed by atoms with Crippen LogP contribution in [-0.2, 0) is 0 Å². The van der Waals surface area contributed by atoms with Crippen LogP contribution in [0.1, 0.15) is 53.3 Å². The number of amides is 2. The second-order valence-electron chi connectivity index (χ2n) is 9.05. The highest BCUT2D eigenvalue weighted by Gasteiger charge is 2.26. The van der Waals surface area contributed by atoms with Gasteiger partial charge in [-0.3, -0.25) is 9.59 Å². The number of carbonyl (C=O) groups is 2. The lowest BCUT2D eigenvalue weighted by atomic mass is 9.98. The average molecular weight is 439 g/mol. The molecule has 170 valence electrons. The van der Waals surface area contributed by atoms with E-state index in [9.17, 15) is 14.0 Å². The van der Waals surface area contributed by atoms with Crippen molar-refractivity contribution >= 4 is 11.8 Å². The number of nitrogens with zero attached hydrogens (tertiary/aromatic N) is 2. The lowest BCUT2D eigenvalue weighted by molar-refractivity contribution is 0.0628. The average Bonchev–Trinajstić information content (AvgIpc) is 2.83. The van der Waals surface area contributed by atoms with E-state index in [1.165, 1.54) is 12.1 Å². The molecule has 2 fully saturated rings. The standard InChI is InChI=1S/C26H31FN2O3/c1-19-12-15-28(16-13-19)25(30)21-8-10-22(11-9-21)32-18-20-5-4-14-29(17-20)26(31)23-6-2-3-7-24(23)27/h2-3,6-11,19-20H,4-5,12-18H2,1H3/t20-/m1/s1. The van der Waals surface area contributed by atoms with Crippen LogP contribution in [0.2, 0.25) is 0 Å². The van der Waals surface area contributed by atoms with Crippen molar-refractivity contribution in [2.75, 3.05) is 32.8 Å². The number of rotatable bonds is 5. The largest absolute Gasteiger partial charge is 0.493 e. The van der Waals surface area contributed by atoms with Crippen LogP contribution in [0, 0.1) is 17.7 Å². The maximum atomic E-state index is 14.0. The van der Waals surface area contributed by atoms with E-state index in [-0.39, 0.29) is 23.3 Å². The van der Waals surface area contributed by atoms with Gasteiger partial charge >= 0.3 is 0 Å². The van der Waals surface area contributed by atoms with Gasteiger partial charge in [-0.25, -0.2) is 4.39 Å². The van der Waals surface area contributed by atoms with Crippen LogP contribution < -0.4 is 4.74 Å². The van der Waals surface area contributed by atoms with Crippen molar-refractivity contribution in [3.8, 4) is 5.75 Å². The normalized spacial score (nSPS) is 19.6. The molecule has 32 heavy (non-hydrogen) atoms. The third-order valence-corrected chi connectivity index (χ3v) is 6.57. The van der Waals surface area contributed by atoms with Crippen LogP contribution in [0.25, 0.3) is 0 Å². The predicted molar refractivity (Wildman–Crippen MR) is 121 cm³/mol. The van der Waals surface area contributed by atoms with E-state index in [4.69, 9.17) is 4.74 Å². The number of piperidine rings is 2. The van der Waals surface area contributed by atoms with Crippen LogP contribution in [0.3, 0.4) is 0 Å². The van der Waals surface area contributed by atoms with Gasteiger partial charge in [0.15, 0.2) is 0 Å². The molecule has 1 atom stereocenters. The van der Waals surface area contributed by atoms with Gasteiger partial charge in [0.25, 0.3) is 11.8 Å². The van der Waals surface area contributed by atoms with Gasteiger partial charge in [-0.05, 0) is 68.0 Å². The summed E-state index contributed by atoms with van der Waals surface area (Å²) in [7, 11) is 0. The predicted octanol–water partition coefficient (Wildman–Crippen LogP) is 4.63. The number of carbonyl (C=O) groups excluding carboxylic acids is 2. The number of hydrogen-bond acceptors (Lipinski definition) is 3. The second-order valence-corrected chi connectivity index (χ2v) is 9.05. The highest BCUT2D eigenvalue weighted by molar-refractivity contribution is 5.95. The van der Waals surface area contributed by atoms with E-state index in [0.717, 1.165) is 38.8 Å². The highest BCUT2D eigenvalue weighted by atomic mass is 19.1. The minimum absolute atomic E-state index is 0.0815. The van der Waals surface area contributed by atoms with Gasteiger partial charge < -0.3 is 14.5 Å². The van der Waals surface area contributed by atoms with Crippen molar-refractivity contribution in [3.05, 3.63) is 65.5 Å². The SMILES string of the molecule is CC1CCN(C(=O)c2ccc(OC[C@@H]3CCCN(C(=O)c4ccccc4F)C3)cc2)CC1. The van der Waals surface area contributed by atoms with Crippen LogP contribution in [-0.4, -0.2) is 54.4 Å². The quantitative estimate of drug-likeness (QED) is 0.684. The summed E-state index contributed by atoms with van der Waals surface area (Å²) in [6, 6.07) is 13.4. The zero-order chi connectivity index (χ0) is 22.5. The molecule has 2 amide bonds. The lowest BCUT2D eigenvalue weighted by Gasteiger charge is -2.32. The topological polar surface area (TPSA) is 49.9 Å². The first-order chi connectivity index (χ1) is 15.5. The molecule has 2 aliphatic rings. The zero-order valence-corrected chi connectivity index (χ0v) is 18.6. The van der Waals surface area contributed by atoms with Crippen molar-refractivity contribution in [3.63, 3.8) is 0 Å². The smallest absolute Gasteiger partial charge is 0.256 e. The van der Waals surface area contributed by atoms with E-state index >= 15 is 0 Å². The number of benzene rings is 2. The van der Waals surface area contributed by atoms with Crippen molar-refractivity contribution in [1.29, 1.82) is 0 Å². The fraction of sp³-hybridized carbons (Fsp3) is 0.462. The molecule has 2 aromatic carbocycles. The van der Waals surface area contributed by atoms with Gasteiger partial charge in [0.1, 0.15) is 11.6 Å². The Morgan fingerprint density at radius 1 is 0.938 bits per heavy atom. The molecule has 0 aromatic heterocycles. The Labute approximate surface area is 189 Å². The first kappa shape index (κ1) is 22.3. The summed E-state index contributed by atoms with van der Waals surface area (Å²) >= 11 is 0. The minimum atomic E-state index is -0.482. The molecular weight excluding hydrogens is 407 g/mol. The van der Waals surface area contributed by atoms with Crippen LogP contribution in [0.5, 0.6) is 5.75 Å². The summed E-state index contributed by atoms with van der Waals surface area (Å²) in [6.07, 6.45) is 3.95. The summed E-state index contributed by atoms with van der Waals surface area (Å²) in [4.78, 5) is 29.0. The summed E-state index contributed by atoms with van der Waals surface area (Å²) in [5.74, 6) is 0.931.